The molecule has 0 N–H and O–H groups in total. The molecule has 0 spiro atoms. The quantitative estimate of drug-likeness (QED) is 0.730. The van der Waals surface area contributed by atoms with Gasteiger partial charge in [-0.2, -0.15) is 13.2 Å². The number of carbonyl (C=O) groups is 2. The predicted octanol–water partition coefficient (Wildman–Crippen LogP) is 2.86. The number of anilines is 1. The fourth-order valence-electron chi connectivity index (χ4n) is 4.05. The van der Waals surface area contributed by atoms with Crippen LogP contribution in [-0.4, -0.2) is 53.7 Å². The molecule has 11 heteroatoms. The highest BCUT2D eigenvalue weighted by Crippen LogP contribution is 2.34. The van der Waals surface area contributed by atoms with Crippen LogP contribution in [-0.2, 0) is 15.8 Å². The number of hydrogen-bond donors (Lipinski definition) is 0. The largest absolute Gasteiger partial charge is 0.497 e. The Morgan fingerprint density at radius 3 is 2.77 bits per heavy atom. The van der Waals surface area contributed by atoms with E-state index in [-0.39, 0.29) is 37.2 Å². The molecule has 1 aromatic heterocycles. The summed E-state index contributed by atoms with van der Waals surface area (Å²) in [6.07, 6.45) is -3.48. The zero-order chi connectivity index (χ0) is 22.2. The number of hydrogen-bond acceptors (Lipinski definition) is 6. The van der Waals surface area contributed by atoms with E-state index in [1.54, 1.807) is 34.1 Å². The molecule has 2 amide bonds. The summed E-state index contributed by atoms with van der Waals surface area (Å²) in [5, 5.41) is 6.60. The Hall–Kier alpha value is -3.11. The van der Waals surface area contributed by atoms with Crippen molar-refractivity contribution in [2.75, 3.05) is 31.6 Å². The van der Waals surface area contributed by atoms with Gasteiger partial charge in [-0.05, 0) is 25.0 Å². The molecule has 2 fully saturated rings. The second-order valence-corrected chi connectivity index (χ2v) is 7.67. The number of benzene rings is 1. The average molecular weight is 438 g/mol. The summed E-state index contributed by atoms with van der Waals surface area (Å²) >= 11 is 0. The second-order valence-electron chi connectivity index (χ2n) is 7.67. The molecule has 0 radical (unpaired) electrons. The van der Waals surface area contributed by atoms with Gasteiger partial charge in [-0.25, -0.2) is 0 Å². The van der Waals surface area contributed by atoms with Gasteiger partial charge in [0.15, 0.2) is 0 Å². The van der Waals surface area contributed by atoms with Crippen LogP contribution >= 0.6 is 0 Å². The number of methoxy groups -OCH3 is 1. The van der Waals surface area contributed by atoms with Gasteiger partial charge in [0.1, 0.15) is 5.75 Å². The molecule has 2 saturated heterocycles. The lowest BCUT2D eigenvalue weighted by Gasteiger charge is -2.32. The lowest BCUT2D eigenvalue weighted by atomic mass is 9.96. The third kappa shape index (κ3) is 4.35. The number of carbonyl (C=O) groups excluding carboxylic acids is 2. The van der Waals surface area contributed by atoms with Gasteiger partial charge in [-0.15, -0.1) is 10.2 Å². The van der Waals surface area contributed by atoms with Crippen LogP contribution in [0.1, 0.15) is 37.0 Å². The van der Waals surface area contributed by atoms with Crippen molar-refractivity contribution in [3.63, 3.8) is 0 Å². The van der Waals surface area contributed by atoms with Crippen molar-refractivity contribution in [1.29, 1.82) is 0 Å². The Morgan fingerprint density at radius 1 is 1.26 bits per heavy atom. The Morgan fingerprint density at radius 2 is 2.06 bits per heavy atom. The first-order chi connectivity index (χ1) is 14.8. The van der Waals surface area contributed by atoms with E-state index in [0.717, 1.165) is 0 Å². The molecule has 0 saturated carbocycles. The average Bonchev–Trinajstić information content (AvgIpc) is 3.41. The predicted molar refractivity (Wildman–Crippen MR) is 101 cm³/mol. The van der Waals surface area contributed by atoms with Gasteiger partial charge in [0.25, 0.3) is 0 Å². The fourth-order valence-corrected chi connectivity index (χ4v) is 4.05. The van der Waals surface area contributed by atoms with E-state index in [4.69, 9.17) is 9.15 Å². The van der Waals surface area contributed by atoms with Crippen molar-refractivity contribution in [2.45, 2.75) is 31.4 Å². The molecule has 2 aliphatic heterocycles. The molecule has 1 aromatic carbocycles. The molecule has 2 atom stereocenters. The van der Waals surface area contributed by atoms with E-state index < -0.39 is 23.9 Å². The minimum Gasteiger partial charge on any atom is -0.497 e. The summed E-state index contributed by atoms with van der Waals surface area (Å²) in [7, 11) is 1.53. The van der Waals surface area contributed by atoms with Gasteiger partial charge < -0.3 is 19.0 Å². The van der Waals surface area contributed by atoms with E-state index in [0.29, 0.717) is 30.8 Å². The second kappa shape index (κ2) is 8.20. The standard InChI is InChI=1S/C20H21F3N4O4/c1-30-15-6-2-5-14(9-15)27-11-13(8-16(27)28)18(29)26-7-3-4-12(10-26)17-24-25-19(31-17)20(21,22)23/h2,5-6,9,12-13H,3-4,7-8,10-11H2,1H3/t12-,13-/m0/s1. The van der Waals surface area contributed by atoms with Gasteiger partial charge in [0.05, 0.1) is 18.9 Å². The molecule has 0 aliphatic carbocycles. The van der Waals surface area contributed by atoms with Crippen molar-refractivity contribution >= 4 is 17.5 Å². The number of aromatic nitrogens is 2. The molecular formula is C20H21F3N4O4. The molecule has 2 aromatic rings. The molecule has 31 heavy (non-hydrogen) atoms. The lowest BCUT2D eigenvalue weighted by Crippen LogP contribution is -2.43. The molecule has 8 nitrogen and oxygen atoms in total. The van der Waals surface area contributed by atoms with Gasteiger partial charge in [0.2, 0.25) is 17.7 Å². The summed E-state index contributed by atoms with van der Waals surface area (Å²) in [6.45, 7) is 0.895. The van der Waals surface area contributed by atoms with E-state index in [9.17, 15) is 22.8 Å². The van der Waals surface area contributed by atoms with E-state index >= 15 is 0 Å². The summed E-state index contributed by atoms with van der Waals surface area (Å²) in [5.41, 5.74) is 0.654. The number of halogens is 3. The molecular weight excluding hydrogens is 417 g/mol. The van der Waals surface area contributed by atoms with E-state index in [1.807, 2.05) is 0 Å². The van der Waals surface area contributed by atoms with Crippen LogP contribution in [0.2, 0.25) is 0 Å². The minimum absolute atomic E-state index is 0.0794. The molecule has 3 heterocycles. The molecule has 0 unspecified atom stereocenters. The van der Waals surface area contributed by atoms with Crippen molar-refractivity contribution in [2.24, 2.45) is 5.92 Å². The zero-order valence-electron chi connectivity index (χ0n) is 16.8. The number of nitrogens with zero attached hydrogens (tertiary/aromatic N) is 4. The summed E-state index contributed by atoms with van der Waals surface area (Å²) in [6, 6.07) is 7.04. The maximum Gasteiger partial charge on any atom is 0.470 e. The number of ether oxygens (including phenoxy) is 1. The summed E-state index contributed by atoms with van der Waals surface area (Å²) in [4.78, 5) is 28.7. The summed E-state index contributed by atoms with van der Waals surface area (Å²) in [5.74, 6) is -2.24. The van der Waals surface area contributed by atoms with Gasteiger partial charge >= 0.3 is 12.1 Å². The first kappa shape index (κ1) is 21.1. The topological polar surface area (TPSA) is 88.8 Å². The SMILES string of the molecule is COc1cccc(N2C[C@@H](C(=O)N3CCC[C@H](c4nnc(C(F)(F)F)o4)C3)CC2=O)c1. The molecule has 166 valence electrons. The third-order valence-electron chi connectivity index (χ3n) is 5.60. The molecule has 4 rings (SSSR count). The number of alkyl halides is 3. The zero-order valence-corrected chi connectivity index (χ0v) is 16.8. The molecule has 2 aliphatic rings. The van der Waals surface area contributed by atoms with Crippen molar-refractivity contribution in [3.05, 3.63) is 36.0 Å². The highest BCUT2D eigenvalue weighted by molar-refractivity contribution is 6.00. The monoisotopic (exact) mass is 438 g/mol. The maximum atomic E-state index is 13.1. The molecule has 0 bridgehead atoms. The normalized spacial score (nSPS) is 22.1. The van der Waals surface area contributed by atoms with Crippen LogP contribution in [0, 0.1) is 5.92 Å². The highest BCUT2D eigenvalue weighted by Gasteiger charge is 2.41. The number of rotatable bonds is 4. The number of amides is 2. The van der Waals surface area contributed by atoms with Crippen molar-refractivity contribution < 1.29 is 31.9 Å². The van der Waals surface area contributed by atoms with Crippen LogP contribution in [0.15, 0.2) is 28.7 Å². The lowest BCUT2D eigenvalue weighted by molar-refractivity contribution is -0.157. The Labute approximate surface area is 176 Å². The van der Waals surface area contributed by atoms with E-state index in [1.165, 1.54) is 7.11 Å². The van der Waals surface area contributed by atoms with Gasteiger partial charge in [0, 0.05) is 37.8 Å². The number of piperidine rings is 1. The smallest absolute Gasteiger partial charge is 0.470 e. The first-order valence-corrected chi connectivity index (χ1v) is 9.90. The van der Waals surface area contributed by atoms with Crippen LogP contribution in [0.3, 0.4) is 0 Å². The highest BCUT2D eigenvalue weighted by atomic mass is 19.4. The van der Waals surface area contributed by atoms with Crippen LogP contribution in [0.5, 0.6) is 5.75 Å². The van der Waals surface area contributed by atoms with Crippen molar-refractivity contribution in [1.82, 2.24) is 15.1 Å². The first-order valence-electron chi connectivity index (χ1n) is 9.90. The van der Waals surface area contributed by atoms with Crippen molar-refractivity contribution in [3.8, 4) is 5.75 Å². The van der Waals surface area contributed by atoms with E-state index in [2.05, 4.69) is 10.2 Å². The fraction of sp³-hybridized carbons (Fsp3) is 0.500. The van der Waals surface area contributed by atoms with Gasteiger partial charge in [-0.3, -0.25) is 9.59 Å². The third-order valence-corrected chi connectivity index (χ3v) is 5.60. The van der Waals surface area contributed by atoms with Crippen LogP contribution in [0.4, 0.5) is 18.9 Å². The Balaban J connectivity index is 1.43. The van der Waals surface area contributed by atoms with Crippen LogP contribution in [0.25, 0.3) is 0 Å². The minimum atomic E-state index is -4.71. The maximum absolute atomic E-state index is 13.1. The summed E-state index contributed by atoms with van der Waals surface area (Å²) < 4.78 is 48.2. The number of likely N-dealkylation sites (tertiary alicyclic amines) is 1. The van der Waals surface area contributed by atoms with Gasteiger partial charge in [-0.1, -0.05) is 6.07 Å². The van der Waals surface area contributed by atoms with Crippen LogP contribution < -0.4 is 9.64 Å². The Kier molecular flexibility index (Phi) is 5.59. The Bertz CT molecular complexity index is 977.